The molecule has 1 aromatic rings. The molecule has 1 aromatic carbocycles. The SMILES string of the molecule is CCCCCCCS(=O)(=O)c1cc(S(=O)(=O)CCCCCCC)cc(S(=O)(=O)CCCCCCC)c1. The third kappa shape index (κ3) is 12.1. The van der Waals surface area contributed by atoms with Gasteiger partial charge in [-0.15, -0.1) is 0 Å². The summed E-state index contributed by atoms with van der Waals surface area (Å²) in [6, 6.07) is 3.51. The fourth-order valence-corrected chi connectivity index (χ4v) is 8.65. The molecule has 0 aromatic heterocycles. The summed E-state index contributed by atoms with van der Waals surface area (Å²) in [6.07, 6.45) is 12.8. The van der Waals surface area contributed by atoms with Crippen LogP contribution >= 0.6 is 0 Å². The van der Waals surface area contributed by atoms with E-state index in [0.29, 0.717) is 19.3 Å². The van der Waals surface area contributed by atoms with Gasteiger partial charge >= 0.3 is 0 Å². The smallest absolute Gasteiger partial charge is 0.178 e. The highest BCUT2D eigenvalue weighted by Gasteiger charge is 2.25. The number of hydrogen-bond donors (Lipinski definition) is 0. The number of benzene rings is 1. The molecule has 0 saturated carbocycles. The quantitative estimate of drug-likeness (QED) is 0.150. The minimum Gasteiger partial charge on any atom is -0.224 e. The van der Waals surface area contributed by atoms with Crippen molar-refractivity contribution in [2.24, 2.45) is 0 Å². The van der Waals surface area contributed by atoms with Crippen LogP contribution in [0.5, 0.6) is 0 Å². The van der Waals surface area contributed by atoms with E-state index in [1.54, 1.807) is 0 Å². The summed E-state index contributed by atoms with van der Waals surface area (Å²) >= 11 is 0. The standard InChI is InChI=1S/C27H48O6S3/c1-4-7-10-13-16-19-34(28,29)25-22-26(35(30,31)20-17-14-11-8-5-2)24-27(23-25)36(32,33)21-18-15-12-9-6-3/h22-24H,4-21H2,1-3H3. The second kappa shape index (κ2) is 16.8. The van der Waals surface area contributed by atoms with Gasteiger partial charge in [0, 0.05) is 0 Å². The molecule has 9 heteroatoms. The Bertz CT molecular complexity index is 924. The molecule has 36 heavy (non-hydrogen) atoms. The molecule has 0 saturated heterocycles. The average Bonchev–Trinajstić information content (AvgIpc) is 2.83. The van der Waals surface area contributed by atoms with Gasteiger partial charge in [0.05, 0.1) is 31.9 Å². The zero-order valence-corrected chi connectivity index (χ0v) is 25.1. The number of unbranched alkanes of at least 4 members (excludes halogenated alkanes) is 12. The first-order valence-electron chi connectivity index (χ1n) is 13.8. The van der Waals surface area contributed by atoms with Crippen LogP contribution < -0.4 is 0 Å². The van der Waals surface area contributed by atoms with Gasteiger partial charge in [0.2, 0.25) is 0 Å². The molecular weight excluding hydrogens is 516 g/mol. The summed E-state index contributed by atoms with van der Waals surface area (Å²) in [5.41, 5.74) is 0. The fraction of sp³-hybridized carbons (Fsp3) is 0.778. The Morgan fingerprint density at radius 2 is 0.611 bits per heavy atom. The molecule has 0 spiro atoms. The Morgan fingerprint density at radius 1 is 0.389 bits per heavy atom. The highest BCUT2D eigenvalue weighted by molar-refractivity contribution is 7.93. The first-order chi connectivity index (χ1) is 17.0. The van der Waals surface area contributed by atoms with E-state index in [4.69, 9.17) is 0 Å². The normalized spacial score (nSPS) is 12.8. The van der Waals surface area contributed by atoms with E-state index < -0.39 is 29.5 Å². The van der Waals surface area contributed by atoms with Crippen LogP contribution in [0.4, 0.5) is 0 Å². The minimum absolute atomic E-state index is 0.117. The second-order valence-electron chi connectivity index (χ2n) is 9.84. The fourth-order valence-electron chi connectivity index (χ4n) is 4.12. The van der Waals surface area contributed by atoms with Gasteiger partial charge < -0.3 is 0 Å². The van der Waals surface area contributed by atoms with Crippen molar-refractivity contribution in [1.29, 1.82) is 0 Å². The Labute approximate surface area is 221 Å². The van der Waals surface area contributed by atoms with E-state index in [2.05, 4.69) is 20.8 Å². The maximum Gasteiger partial charge on any atom is 0.178 e. The molecule has 1 rings (SSSR count). The van der Waals surface area contributed by atoms with Crippen LogP contribution in [-0.2, 0) is 29.5 Å². The maximum atomic E-state index is 13.1. The molecule has 0 aliphatic carbocycles. The molecule has 0 bridgehead atoms. The second-order valence-corrected chi connectivity index (χ2v) is 16.2. The summed E-state index contributed by atoms with van der Waals surface area (Å²) < 4.78 is 78.6. The van der Waals surface area contributed by atoms with Crippen LogP contribution in [0, 0.1) is 0 Å². The van der Waals surface area contributed by atoms with Gasteiger partial charge in [-0.2, -0.15) is 0 Å². The third-order valence-electron chi connectivity index (χ3n) is 6.48. The van der Waals surface area contributed by atoms with Crippen molar-refractivity contribution in [3.05, 3.63) is 18.2 Å². The Morgan fingerprint density at radius 3 is 0.833 bits per heavy atom. The summed E-state index contributed by atoms with van der Waals surface area (Å²) in [4.78, 5) is -0.598. The van der Waals surface area contributed by atoms with Gasteiger partial charge in [0.15, 0.2) is 29.5 Å². The van der Waals surface area contributed by atoms with Crippen LogP contribution in [0.15, 0.2) is 32.9 Å². The van der Waals surface area contributed by atoms with Crippen molar-refractivity contribution in [3.63, 3.8) is 0 Å². The van der Waals surface area contributed by atoms with Gasteiger partial charge in [-0.25, -0.2) is 25.3 Å². The number of sulfone groups is 3. The van der Waals surface area contributed by atoms with Gasteiger partial charge in [0.25, 0.3) is 0 Å². The highest BCUT2D eigenvalue weighted by atomic mass is 32.2. The highest BCUT2D eigenvalue weighted by Crippen LogP contribution is 2.26. The molecule has 0 atom stereocenters. The Hall–Kier alpha value is -0.930. The number of rotatable bonds is 21. The molecule has 0 unspecified atom stereocenters. The first-order valence-corrected chi connectivity index (χ1v) is 18.8. The summed E-state index contributed by atoms with van der Waals surface area (Å²) in [5.74, 6) is -0.352. The lowest BCUT2D eigenvalue weighted by Crippen LogP contribution is -2.14. The lowest BCUT2D eigenvalue weighted by atomic mass is 10.2. The van der Waals surface area contributed by atoms with Gasteiger partial charge in [0.1, 0.15) is 0 Å². The zero-order valence-electron chi connectivity index (χ0n) is 22.6. The van der Waals surface area contributed by atoms with Crippen LogP contribution in [0.2, 0.25) is 0 Å². The summed E-state index contributed by atoms with van der Waals surface area (Å²) in [7, 11) is -11.4. The van der Waals surface area contributed by atoms with E-state index >= 15 is 0 Å². The molecule has 6 nitrogen and oxygen atoms in total. The average molecular weight is 565 g/mol. The topological polar surface area (TPSA) is 102 Å². The van der Waals surface area contributed by atoms with E-state index in [-0.39, 0.29) is 31.9 Å². The van der Waals surface area contributed by atoms with E-state index in [0.717, 1.165) is 77.0 Å². The Kier molecular flexibility index (Phi) is 15.5. The Balaban J connectivity index is 3.23. The van der Waals surface area contributed by atoms with Crippen molar-refractivity contribution in [2.75, 3.05) is 17.3 Å². The van der Waals surface area contributed by atoms with Crippen molar-refractivity contribution < 1.29 is 25.3 Å². The molecule has 0 fully saturated rings. The molecule has 0 radical (unpaired) electrons. The zero-order chi connectivity index (χ0) is 27.1. The monoisotopic (exact) mass is 564 g/mol. The van der Waals surface area contributed by atoms with Gasteiger partial charge in [-0.1, -0.05) is 97.8 Å². The maximum absolute atomic E-state index is 13.1. The van der Waals surface area contributed by atoms with Crippen LogP contribution in [-0.4, -0.2) is 42.5 Å². The van der Waals surface area contributed by atoms with E-state index in [9.17, 15) is 25.3 Å². The van der Waals surface area contributed by atoms with E-state index in [1.165, 1.54) is 18.2 Å². The molecule has 0 amide bonds. The van der Waals surface area contributed by atoms with Gasteiger partial charge in [-0.3, -0.25) is 0 Å². The lowest BCUT2D eigenvalue weighted by molar-refractivity contribution is 0.582. The molecule has 0 heterocycles. The van der Waals surface area contributed by atoms with Crippen LogP contribution in [0.1, 0.15) is 117 Å². The molecular formula is C27H48O6S3. The van der Waals surface area contributed by atoms with Crippen LogP contribution in [0.3, 0.4) is 0 Å². The predicted molar refractivity (Wildman–Crippen MR) is 149 cm³/mol. The van der Waals surface area contributed by atoms with E-state index in [1.807, 2.05) is 0 Å². The lowest BCUT2D eigenvalue weighted by Gasteiger charge is -2.12. The molecule has 0 N–H and O–H groups in total. The molecule has 0 aliphatic rings. The van der Waals surface area contributed by atoms with Crippen LogP contribution in [0.25, 0.3) is 0 Å². The largest absolute Gasteiger partial charge is 0.224 e. The van der Waals surface area contributed by atoms with Crippen molar-refractivity contribution >= 4 is 29.5 Å². The van der Waals surface area contributed by atoms with Gasteiger partial charge in [-0.05, 0) is 37.5 Å². The van der Waals surface area contributed by atoms with Crippen molar-refractivity contribution in [2.45, 2.75) is 132 Å². The molecule has 0 aliphatic heterocycles. The van der Waals surface area contributed by atoms with Crippen molar-refractivity contribution in [3.8, 4) is 0 Å². The third-order valence-corrected chi connectivity index (χ3v) is 11.8. The number of hydrogen-bond acceptors (Lipinski definition) is 6. The summed E-state index contributed by atoms with van der Waals surface area (Å²) in [6.45, 7) is 6.24. The first kappa shape index (κ1) is 33.1. The predicted octanol–water partition coefficient (Wildman–Crippen LogP) is 6.92. The minimum atomic E-state index is -3.81. The molecule has 210 valence electrons. The summed E-state index contributed by atoms with van der Waals surface area (Å²) in [5, 5.41) is 0. The van der Waals surface area contributed by atoms with Crippen molar-refractivity contribution in [1.82, 2.24) is 0 Å².